The van der Waals surface area contributed by atoms with E-state index in [-0.39, 0.29) is 0 Å². The van der Waals surface area contributed by atoms with Crippen molar-refractivity contribution in [3.8, 4) is 0 Å². The molecule has 0 saturated carbocycles. The van der Waals surface area contributed by atoms with Crippen LogP contribution in [-0.2, 0) is 17.6 Å². The van der Waals surface area contributed by atoms with E-state index in [4.69, 9.17) is 0 Å². The van der Waals surface area contributed by atoms with Gasteiger partial charge in [0.05, 0.1) is 10.7 Å². The lowest BCUT2D eigenvalue weighted by Gasteiger charge is -2.04. The Hall–Kier alpha value is -1.68. The molecular weight excluding hydrogens is 270 g/mol. The molecule has 3 rings (SSSR count). The molecule has 3 nitrogen and oxygen atoms in total. The van der Waals surface area contributed by atoms with Crippen LogP contribution in [0.5, 0.6) is 0 Å². The summed E-state index contributed by atoms with van der Waals surface area (Å²) in [6.45, 7) is 4.22. The van der Waals surface area contributed by atoms with E-state index in [2.05, 4.69) is 37.0 Å². The summed E-state index contributed by atoms with van der Waals surface area (Å²) in [5.41, 5.74) is 4.63. The molecule has 1 aliphatic rings. The molecule has 0 radical (unpaired) electrons. The molecule has 2 aromatic rings. The zero-order valence-electron chi connectivity index (χ0n) is 11.6. The number of fused-ring (bicyclic) bond motifs is 1. The van der Waals surface area contributed by atoms with Crippen molar-refractivity contribution in [3.05, 3.63) is 50.5 Å². The minimum Gasteiger partial charge on any atom is -0.481 e. The van der Waals surface area contributed by atoms with Crippen molar-refractivity contribution in [1.82, 2.24) is 4.98 Å². The van der Waals surface area contributed by atoms with Crippen molar-refractivity contribution in [2.45, 2.75) is 39.0 Å². The van der Waals surface area contributed by atoms with Crippen LogP contribution in [0.4, 0.5) is 0 Å². The summed E-state index contributed by atoms with van der Waals surface area (Å²) in [6, 6.07) is 6.45. The Morgan fingerprint density at radius 1 is 1.40 bits per heavy atom. The van der Waals surface area contributed by atoms with Crippen molar-refractivity contribution >= 4 is 17.3 Å². The van der Waals surface area contributed by atoms with Gasteiger partial charge in [0.1, 0.15) is 5.92 Å². The average molecular weight is 287 g/mol. The number of aromatic nitrogens is 1. The van der Waals surface area contributed by atoms with Gasteiger partial charge in [-0.15, -0.1) is 11.3 Å². The second kappa shape index (κ2) is 5.02. The highest BCUT2D eigenvalue weighted by Gasteiger charge is 2.32. The first-order chi connectivity index (χ1) is 9.54. The van der Waals surface area contributed by atoms with Crippen molar-refractivity contribution in [3.63, 3.8) is 0 Å². The quantitative estimate of drug-likeness (QED) is 0.940. The van der Waals surface area contributed by atoms with Crippen molar-refractivity contribution in [1.29, 1.82) is 0 Å². The third-order valence-electron chi connectivity index (χ3n) is 3.99. The maximum absolute atomic E-state index is 11.2. The molecule has 1 unspecified atom stereocenters. The van der Waals surface area contributed by atoms with Gasteiger partial charge in [-0.1, -0.05) is 18.2 Å². The van der Waals surface area contributed by atoms with Crippen LogP contribution < -0.4 is 0 Å². The van der Waals surface area contributed by atoms with Gasteiger partial charge in [-0.3, -0.25) is 4.79 Å². The number of benzene rings is 1. The molecule has 4 heteroatoms. The van der Waals surface area contributed by atoms with Crippen LogP contribution in [-0.4, -0.2) is 16.1 Å². The zero-order chi connectivity index (χ0) is 14.3. The van der Waals surface area contributed by atoms with Gasteiger partial charge in [0.2, 0.25) is 0 Å². The standard InChI is InChI=1S/C16H17NO2S/c1-9-3-4-11(7-10(9)2)8-14-17-15-12(16(18)19)5-6-13(15)20-14/h3-4,7,12H,5-6,8H2,1-2H3,(H,18,19). The lowest BCUT2D eigenvalue weighted by atomic mass is 10.0. The molecule has 1 heterocycles. The molecule has 1 atom stereocenters. The number of carboxylic acid groups (broad SMARTS) is 1. The van der Waals surface area contributed by atoms with Gasteiger partial charge in [-0.05, 0) is 43.4 Å². The van der Waals surface area contributed by atoms with Crippen LogP contribution in [0.1, 0.15) is 44.6 Å². The van der Waals surface area contributed by atoms with Gasteiger partial charge in [-0.25, -0.2) is 4.98 Å². The van der Waals surface area contributed by atoms with Gasteiger partial charge >= 0.3 is 5.97 Å². The molecule has 20 heavy (non-hydrogen) atoms. The molecular formula is C16H17NO2S. The van der Waals surface area contributed by atoms with Gasteiger partial charge in [0, 0.05) is 11.3 Å². The maximum atomic E-state index is 11.2. The van der Waals surface area contributed by atoms with Gasteiger partial charge in [0.25, 0.3) is 0 Å². The van der Waals surface area contributed by atoms with E-state index < -0.39 is 11.9 Å². The van der Waals surface area contributed by atoms with E-state index in [9.17, 15) is 9.90 Å². The Kier molecular flexibility index (Phi) is 3.34. The van der Waals surface area contributed by atoms with Crippen LogP contribution in [0.15, 0.2) is 18.2 Å². The first kappa shape index (κ1) is 13.3. The maximum Gasteiger partial charge on any atom is 0.312 e. The summed E-state index contributed by atoms with van der Waals surface area (Å²) >= 11 is 1.67. The average Bonchev–Trinajstić information content (AvgIpc) is 2.93. The number of rotatable bonds is 3. The number of thiazole rings is 1. The fourth-order valence-electron chi connectivity index (χ4n) is 2.68. The molecule has 0 bridgehead atoms. The van der Waals surface area contributed by atoms with Crippen molar-refractivity contribution < 1.29 is 9.90 Å². The minimum atomic E-state index is -0.744. The molecule has 0 fully saturated rings. The van der Waals surface area contributed by atoms with Gasteiger partial charge in [-0.2, -0.15) is 0 Å². The second-order valence-corrected chi connectivity index (χ2v) is 6.61. The monoisotopic (exact) mass is 287 g/mol. The Morgan fingerprint density at radius 2 is 2.20 bits per heavy atom. The Bertz CT molecular complexity index is 675. The van der Waals surface area contributed by atoms with E-state index in [1.807, 2.05) is 0 Å². The third-order valence-corrected chi connectivity index (χ3v) is 5.12. The van der Waals surface area contributed by atoms with Crippen LogP contribution in [0.25, 0.3) is 0 Å². The lowest BCUT2D eigenvalue weighted by Crippen LogP contribution is -2.08. The number of nitrogens with zero attached hydrogens (tertiary/aromatic N) is 1. The smallest absolute Gasteiger partial charge is 0.312 e. The highest BCUT2D eigenvalue weighted by Crippen LogP contribution is 2.37. The van der Waals surface area contributed by atoms with Gasteiger partial charge < -0.3 is 5.11 Å². The number of hydrogen-bond acceptors (Lipinski definition) is 3. The van der Waals surface area contributed by atoms with Crippen LogP contribution >= 0.6 is 11.3 Å². The Morgan fingerprint density at radius 3 is 2.90 bits per heavy atom. The number of aliphatic carboxylic acids is 1. The SMILES string of the molecule is Cc1ccc(Cc2nc3c(s2)CCC3C(=O)O)cc1C. The Balaban J connectivity index is 1.84. The summed E-state index contributed by atoms with van der Waals surface area (Å²) in [5, 5.41) is 10.2. The summed E-state index contributed by atoms with van der Waals surface area (Å²) in [5.74, 6) is -1.14. The summed E-state index contributed by atoms with van der Waals surface area (Å²) in [6.07, 6.45) is 2.36. The molecule has 0 saturated heterocycles. The minimum absolute atomic E-state index is 0.394. The molecule has 0 aliphatic heterocycles. The fraction of sp³-hybridized carbons (Fsp3) is 0.375. The predicted octanol–water partition coefficient (Wildman–Crippen LogP) is 3.47. The largest absolute Gasteiger partial charge is 0.481 e. The zero-order valence-corrected chi connectivity index (χ0v) is 12.5. The van der Waals surface area contributed by atoms with Gasteiger partial charge in [0.15, 0.2) is 0 Å². The summed E-state index contributed by atoms with van der Waals surface area (Å²) in [7, 11) is 0. The molecule has 0 spiro atoms. The van der Waals surface area contributed by atoms with E-state index in [0.717, 1.165) is 28.4 Å². The molecule has 1 aromatic heterocycles. The first-order valence-electron chi connectivity index (χ1n) is 6.82. The van der Waals surface area contributed by atoms with E-state index in [1.54, 1.807) is 11.3 Å². The van der Waals surface area contributed by atoms with E-state index in [0.29, 0.717) is 6.42 Å². The van der Waals surface area contributed by atoms with E-state index >= 15 is 0 Å². The molecule has 104 valence electrons. The van der Waals surface area contributed by atoms with Crippen LogP contribution in [0.3, 0.4) is 0 Å². The highest BCUT2D eigenvalue weighted by molar-refractivity contribution is 7.11. The third kappa shape index (κ3) is 2.36. The normalized spacial score (nSPS) is 17.2. The molecule has 1 aromatic carbocycles. The van der Waals surface area contributed by atoms with Crippen molar-refractivity contribution in [2.24, 2.45) is 0 Å². The highest BCUT2D eigenvalue weighted by atomic mass is 32.1. The fourth-order valence-corrected chi connectivity index (χ4v) is 3.86. The molecule has 0 amide bonds. The summed E-state index contributed by atoms with van der Waals surface area (Å²) < 4.78 is 0. The van der Waals surface area contributed by atoms with E-state index in [1.165, 1.54) is 16.7 Å². The van der Waals surface area contributed by atoms with Crippen LogP contribution in [0.2, 0.25) is 0 Å². The summed E-state index contributed by atoms with van der Waals surface area (Å²) in [4.78, 5) is 16.9. The first-order valence-corrected chi connectivity index (χ1v) is 7.63. The molecule has 1 N–H and O–H groups in total. The van der Waals surface area contributed by atoms with Crippen LogP contribution in [0, 0.1) is 13.8 Å². The Labute approximate surface area is 122 Å². The second-order valence-electron chi connectivity index (χ2n) is 5.44. The number of aryl methyl sites for hydroxylation is 3. The molecule has 1 aliphatic carbocycles. The number of hydrogen-bond donors (Lipinski definition) is 1. The van der Waals surface area contributed by atoms with Crippen molar-refractivity contribution in [2.75, 3.05) is 0 Å². The topological polar surface area (TPSA) is 50.2 Å². The predicted molar refractivity (Wildman–Crippen MR) is 79.5 cm³/mol. The lowest BCUT2D eigenvalue weighted by molar-refractivity contribution is -0.138. The number of carboxylic acids is 1. The number of carbonyl (C=O) groups is 1.